The maximum Gasteiger partial charge on any atom is 0.161 e. The SMILES string of the molecule is Cc1cccc([C@@H](C)NCc2ccc3c(c2)OCCO3)c1. The number of hydrogen-bond acceptors (Lipinski definition) is 3. The Labute approximate surface area is 125 Å². The second-order valence-corrected chi connectivity index (χ2v) is 5.49. The highest BCUT2D eigenvalue weighted by atomic mass is 16.6. The minimum absolute atomic E-state index is 0.318. The minimum Gasteiger partial charge on any atom is -0.486 e. The van der Waals surface area contributed by atoms with Gasteiger partial charge < -0.3 is 14.8 Å². The van der Waals surface area contributed by atoms with E-state index in [9.17, 15) is 0 Å². The van der Waals surface area contributed by atoms with Crippen LogP contribution in [0.5, 0.6) is 11.5 Å². The van der Waals surface area contributed by atoms with Gasteiger partial charge in [-0.2, -0.15) is 0 Å². The summed E-state index contributed by atoms with van der Waals surface area (Å²) in [6.45, 7) is 6.38. The molecule has 0 aromatic heterocycles. The van der Waals surface area contributed by atoms with Gasteiger partial charge >= 0.3 is 0 Å². The molecule has 0 saturated carbocycles. The van der Waals surface area contributed by atoms with Crippen molar-refractivity contribution in [3.05, 3.63) is 59.2 Å². The van der Waals surface area contributed by atoms with Crippen LogP contribution in [0.2, 0.25) is 0 Å². The largest absolute Gasteiger partial charge is 0.486 e. The van der Waals surface area contributed by atoms with Crippen molar-refractivity contribution in [3.8, 4) is 11.5 Å². The predicted octanol–water partition coefficient (Wildman–Crippen LogP) is 3.62. The van der Waals surface area contributed by atoms with Gasteiger partial charge in [0, 0.05) is 12.6 Å². The molecule has 2 aromatic carbocycles. The maximum atomic E-state index is 5.62. The third-order valence-corrected chi connectivity index (χ3v) is 3.76. The highest BCUT2D eigenvalue weighted by molar-refractivity contribution is 5.43. The molecule has 1 atom stereocenters. The van der Waals surface area contributed by atoms with Crippen LogP contribution in [0.4, 0.5) is 0 Å². The van der Waals surface area contributed by atoms with Gasteiger partial charge in [0.05, 0.1) is 0 Å². The van der Waals surface area contributed by atoms with E-state index in [1.165, 1.54) is 16.7 Å². The van der Waals surface area contributed by atoms with E-state index in [0.717, 1.165) is 18.0 Å². The summed E-state index contributed by atoms with van der Waals surface area (Å²) in [5.74, 6) is 1.69. The Morgan fingerprint density at radius 3 is 2.67 bits per heavy atom. The summed E-state index contributed by atoms with van der Waals surface area (Å²) < 4.78 is 11.2. The van der Waals surface area contributed by atoms with E-state index in [4.69, 9.17) is 9.47 Å². The Morgan fingerprint density at radius 2 is 1.86 bits per heavy atom. The van der Waals surface area contributed by atoms with Crippen LogP contribution in [0, 0.1) is 6.92 Å². The molecule has 3 nitrogen and oxygen atoms in total. The first kappa shape index (κ1) is 14.0. The molecule has 1 aliphatic heterocycles. The topological polar surface area (TPSA) is 30.5 Å². The lowest BCUT2D eigenvalue weighted by molar-refractivity contribution is 0.171. The Hall–Kier alpha value is -2.00. The zero-order chi connectivity index (χ0) is 14.7. The van der Waals surface area contributed by atoms with E-state index in [1.54, 1.807) is 0 Å². The Balaban J connectivity index is 1.64. The third kappa shape index (κ3) is 3.37. The van der Waals surface area contributed by atoms with Gasteiger partial charge in [0.15, 0.2) is 11.5 Å². The van der Waals surface area contributed by atoms with Gasteiger partial charge in [-0.15, -0.1) is 0 Å². The Morgan fingerprint density at radius 1 is 1.05 bits per heavy atom. The standard InChI is InChI=1S/C18H21NO2/c1-13-4-3-5-16(10-13)14(2)19-12-15-6-7-17-18(11-15)21-9-8-20-17/h3-7,10-11,14,19H,8-9,12H2,1-2H3/t14-/m1/s1. The number of rotatable bonds is 4. The molecule has 0 amide bonds. The van der Waals surface area contributed by atoms with Crippen molar-refractivity contribution in [3.63, 3.8) is 0 Å². The average molecular weight is 283 g/mol. The molecule has 0 saturated heterocycles. The van der Waals surface area contributed by atoms with Gasteiger partial charge in [-0.05, 0) is 37.1 Å². The first-order valence-electron chi connectivity index (χ1n) is 7.41. The van der Waals surface area contributed by atoms with Gasteiger partial charge in [-0.1, -0.05) is 35.9 Å². The van der Waals surface area contributed by atoms with Crippen LogP contribution in [0.3, 0.4) is 0 Å². The van der Waals surface area contributed by atoms with Crippen molar-refractivity contribution in [2.45, 2.75) is 26.4 Å². The van der Waals surface area contributed by atoms with E-state index in [2.05, 4.69) is 55.6 Å². The summed E-state index contributed by atoms with van der Waals surface area (Å²) in [4.78, 5) is 0. The molecular formula is C18H21NO2. The molecule has 2 aromatic rings. The minimum atomic E-state index is 0.318. The van der Waals surface area contributed by atoms with Crippen molar-refractivity contribution in [1.82, 2.24) is 5.32 Å². The van der Waals surface area contributed by atoms with E-state index in [1.807, 2.05) is 6.07 Å². The summed E-state index contributed by atoms with van der Waals surface area (Å²) in [6.07, 6.45) is 0. The fraction of sp³-hybridized carbons (Fsp3) is 0.333. The molecular weight excluding hydrogens is 262 g/mol. The summed E-state index contributed by atoms with van der Waals surface area (Å²) >= 11 is 0. The van der Waals surface area contributed by atoms with Crippen molar-refractivity contribution < 1.29 is 9.47 Å². The highest BCUT2D eigenvalue weighted by Crippen LogP contribution is 2.30. The maximum absolute atomic E-state index is 5.62. The zero-order valence-electron chi connectivity index (χ0n) is 12.6. The van der Waals surface area contributed by atoms with Crippen LogP contribution >= 0.6 is 0 Å². The van der Waals surface area contributed by atoms with Crippen LogP contribution in [0.1, 0.15) is 29.7 Å². The van der Waals surface area contributed by atoms with Crippen LogP contribution in [-0.2, 0) is 6.54 Å². The van der Waals surface area contributed by atoms with E-state index < -0.39 is 0 Å². The number of benzene rings is 2. The number of fused-ring (bicyclic) bond motifs is 1. The average Bonchev–Trinajstić information content (AvgIpc) is 2.52. The molecule has 3 heteroatoms. The molecule has 1 N–H and O–H groups in total. The van der Waals surface area contributed by atoms with Gasteiger partial charge in [0.2, 0.25) is 0 Å². The van der Waals surface area contributed by atoms with Gasteiger partial charge in [-0.25, -0.2) is 0 Å². The fourth-order valence-corrected chi connectivity index (χ4v) is 2.53. The number of hydrogen-bond donors (Lipinski definition) is 1. The lowest BCUT2D eigenvalue weighted by atomic mass is 10.1. The molecule has 0 aliphatic carbocycles. The Bertz CT molecular complexity index is 624. The molecule has 0 spiro atoms. The lowest BCUT2D eigenvalue weighted by Gasteiger charge is -2.20. The molecule has 0 radical (unpaired) electrons. The summed E-state index contributed by atoms with van der Waals surface area (Å²) in [7, 11) is 0. The number of ether oxygens (including phenoxy) is 2. The molecule has 21 heavy (non-hydrogen) atoms. The number of aryl methyl sites for hydroxylation is 1. The lowest BCUT2D eigenvalue weighted by Crippen LogP contribution is -2.19. The van der Waals surface area contributed by atoms with E-state index in [0.29, 0.717) is 19.3 Å². The van der Waals surface area contributed by atoms with Crippen molar-refractivity contribution in [2.24, 2.45) is 0 Å². The van der Waals surface area contributed by atoms with Crippen LogP contribution in [-0.4, -0.2) is 13.2 Å². The van der Waals surface area contributed by atoms with Crippen molar-refractivity contribution in [2.75, 3.05) is 13.2 Å². The summed E-state index contributed by atoms with van der Waals surface area (Å²) in [6, 6.07) is 15.1. The quantitative estimate of drug-likeness (QED) is 0.929. The Kier molecular flexibility index (Phi) is 4.11. The van der Waals surface area contributed by atoms with Gasteiger partial charge in [-0.3, -0.25) is 0 Å². The van der Waals surface area contributed by atoms with E-state index >= 15 is 0 Å². The van der Waals surface area contributed by atoms with E-state index in [-0.39, 0.29) is 0 Å². The van der Waals surface area contributed by atoms with Crippen molar-refractivity contribution in [1.29, 1.82) is 0 Å². The van der Waals surface area contributed by atoms with Crippen LogP contribution in [0.15, 0.2) is 42.5 Å². The molecule has 0 fully saturated rings. The second kappa shape index (κ2) is 6.19. The first-order valence-corrected chi connectivity index (χ1v) is 7.41. The van der Waals surface area contributed by atoms with Gasteiger partial charge in [0.1, 0.15) is 13.2 Å². The van der Waals surface area contributed by atoms with Crippen molar-refractivity contribution >= 4 is 0 Å². The van der Waals surface area contributed by atoms with Crippen LogP contribution < -0.4 is 14.8 Å². The molecule has 110 valence electrons. The molecule has 1 heterocycles. The van der Waals surface area contributed by atoms with Crippen LogP contribution in [0.25, 0.3) is 0 Å². The first-order chi connectivity index (χ1) is 10.2. The normalized spacial score (nSPS) is 14.8. The monoisotopic (exact) mass is 283 g/mol. The summed E-state index contributed by atoms with van der Waals surface area (Å²) in [5.41, 5.74) is 3.81. The van der Waals surface area contributed by atoms with Gasteiger partial charge in [0.25, 0.3) is 0 Å². The molecule has 1 aliphatic rings. The zero-order valence-corrected chi connectivity index (χ0v) is 12.6. The summed E-state index contributed by atoms with van der Waals surface area (Å²) in [5, 5.41) is 3.55. The highest BCUT2D eigenvalue weighted by Gasteiger charge is 2.12. The molecule has 0 unspecified atom stereocenters. The predicted molar refractivity (Wildman–Crippen MR) is 83.9 cm³/mol. The number of nitrogens with one attached hydrogen (secondary N) is 1. The fourth-order valence-electron chi connectivity index (χ4n) is 2.53. The third-order valence-electron chi connectivity index (χ3n) is 3.76. The molecule has 3 rings (SSSR count). The smallest absolute Gasteiger partial charge is 0.161 e. The molecule has 0 bridgehead atoms. The second-order valence-electron chi connectivity index (χ2n) is 5.49.